The molecule has 0 atom stereocenters. The maximum Gasteiger partial charge on any atom is 0.229 e. The van der Waals surface area contributed by atoms with Crippen molar-refractivity contribution < 1.29 is 4.79 Å². The highest BCUT2D eigenvalue weighted by Crippen LogP contribution is 2.31. The highest BCUT2D eigenvalue weighted by Gasteiger charge is 2.24. The molecule has 0 bridgehead atoms. The highest BCUT2D eigenvalue weighted by molar-refractivity contribution is 7.19. The number of carbonyl (C=O) groups is 1. The molecule has 0 saturated carbocycles. The number of carbonyl (C=O) groups excluding carboxylic acids is 1. The lowest BCUT2D eigenvalue weighted by Crippen LogP contribution is -2.35. The van der Waals surface area contributed by atoms with Gasteiger partial charge in [-0.3, -0.25) is 9.48 Å². The largest absolute Gasteiger partial charge is 0.306 e. The maximum absolute atomic E-state index is 12.4. The number of nitrogens with zero attached hydrogens (tertiary/aromatic N) is 4. The predicted molar refractivity (Wildman–Crippen MR) is 101 cm³/mol. The third-order valence-corrected chi connectivity index (χ3v) is 5.69. The van der Waals surface area contributed by atoms with Gasteiger partial charge < -0.3 is 10.2 Å². The van der Waals surface area contributed by atoms with Crippen LogP contribution in [0.15, 0.2) is 30.6 Å². The molecule has 1 amide bonds. The van der Waals surface area contributed by atoms with Gasteiger partial charge in [-0.05, 0) is 50.7 Å². The Bertz CT molecular complexity index is 907. The van der Waals surface area contributed by atoms with Crippen LogP contribution in [0, 0.1) is 5.92 Å². The van der Waals surface area contributed by atoms with Crippen molar-refractivity contribution in [3.05, 3.63) is 30.6 Å². The van der Waals surface area contributed by atoms with Crippen LogP contribution < -0.4 is 5.32 Å². The SMILES string of the molecule is CN1CCC(C(=O)Nc2ncc(-c3ccc4nn(C)cc4c3)s2)CC1. The molecule has 6 nitrogen and oxygen atoms in total. The average Bonchev–Trinajstić information content (AvgIpc) is 3.20. The van der Waals surface area contributed by atoms with Crippen molar-refractivity contribution in [2.24, 2.45) is 13.0 Å². The summed E-state index contributed by atoms with van der Waals surface area (Å²) in [5.41, 5.74) is 2.07. The van der Waals surface area contributed by atoms with Crippen LogP contribution in [0.4, 0.5) is 5.13 Å². The van der Waals surface area contributed by atoms with Crippen LogP contribution in [0.1, 0.15) is 12.8 Å². The van der Waals surface area contributed by atoms with Crippen molar-refractivity contribution in [2.75, 3.05) is 25.5 Å². The monoisotopic (exact) mass is 355 g/mol. The molecule has 4 rings (SSSR count). The van der Waals surface area contributed by atoms with E-state index in [2.05, 4.69) is 33.4 Å². The molecule has 1 aliphatic rings. The predicted octanol–water partition coefficient (Wildman–Crippen LogP) is 2.98. The molecule has 1 saturated heterocycles. The summed E-state index contributed by atoms with van der Waals surface area (Å²) < 4.78 is 1.81. The first-order chi connectivity index (χ1) is 12.1. The van der Waals surface area contributed by atoms with E-state index in [1.807, 2.05) is 36.3 Å². The lowest BCUT2D eigenvalue weighted by molar-refractivity contribution is -0.121. The number of amides is 1. The molecule has 0 radical (unpaired) electrons. The summed E-state index contributed by atoms with van der Waals surface area (Å²) in [6.07, 6.45) is 5.66. The topological polar surface area (TPSA) is 63.1 Å². The van der Waals surface area contributed by atoms with Crippen LogP contribution in [-0.2, 0) is 11.8 Å². The van der Waals surface area contributed by atoms with E-state index in [4.69, 9.17) is 0 Å². The van der Waals surface area contributed by atoms with Crippen molar-refractivity contribution in [1.29, 1.82) is 0 Å². The van der Waals surface area contributed by atoms with Gasteiger partial charge in [0.05, 0.1) is 10.4 Å². The standard InChI is InChI=1S/C18H21N5OS/c1-22-7-5-12(6-8-22)17(24)20-18-19-10-16(25-18)13-3-4-15-14(9-13)11-23(2)21-15/h3-4,9-12H,5-8H2,1-2H3,(H,19,20,24). The molecule has 3 aromatic rings. The zero-order valence-electron chi connectivity index (χ0n) is 14.4. The van der Waals surface area contributed by atoms with Gasteiger partial charge in [-0.1, -0.05) is 17.4 Å². The van der Waals surface area contributed by atoms with Crippen LogP contribution in [0.3, 0.4) is 0 Å². The fourth-order valence-electron chi connectivity index (χ4n) is 3.25. The summed E-state index contributed by atoms with van der Waals surface area (Å²) >= 11 is 1.51. The van der Waals surface area contributed by atoms with Crippen molar-refractivity contribution in [2.45, 2.75) is 12.8 Å². The number of likely N-dealkylation sites (tertiary alicyclic amines) is 1. The average molecular weight is 355 g/mol. The number of nitrogens with one attached hydrogen (secondary N) is 1. The van der Waals surface area contributed by atoms with Gasteiger partial charge in [0.1, 0.15) is 0 Å². The summed E-state index contributed by atoms with van der Waals surface area (Å²) in [6.45, 7) is 1.96. The minimum absolute atomic E-state index is 0.0929. The van der Waals surface area contributed by atoms with Gasteiger partial charge in [-0.25, -0.2) is 4.98 Å². The van der Waals surface area contributed by atoms with Crippen molar-refractivity contribution in [3.63, 3.8) is 0 Å². The number of fused-ring (bicyclic) bond motifs is 1. The first-order valence-corrected chi connectivity index (χ1v) is 9.29. The molecule has 1 N–H and O–H groups in total. The number of hydrogen-bond acceptors (Lipinski definition) is 5. The van der Waals surface area contributed by atoms with Gasteiger partial charge in [-0.15, -0.1) is 0 Å². The Labute approximate surface area is 150 Å². The van der Waals surface area contributed by atoms with Crippen molar-refractivity contribution >= 4 is 33.3 Å². The normalized spacial score (nSPS) is 16.4. The number of anilines is 1. The Morgan fingerprint density at radius 1 is 1.28 bits per heavy atom. The van der Waals surface area contributed by atoms with E-state index in [0.717, 1.165) is 47.3 Å². The number of rotatable bonds is 3. The Morgan fingerprint density at radius 2 is 2.08 bits per heavy atom. The minimum Gasteiger partial charge on any atom is -0.306 e. The van der Waals surface area contributed by atoms with Gasteiger partial charge >= 0.3 is 0 Å². The molecule has 1 aliphatic heterocycles. The van der Waals surface area contributed by atoms with Gasteiger partial charge in [-0.2, -0.15) is 5.10 Å². The maximum atomic E-state index is 12.4. The number of benzene rings is 1. The van der Waals surface area contributed by atoms with Gasteiger partial charge in [0.15, 0.2) is 5.13 Å². The quantitative estimate of drug-likeness (QED) is 0.784. The Kier molecular flexibility index (Phi) is 4.27. The number of aromatic nitrogens is 3. The van der Waals surface area contributed by atoms with Crippen molar-refractivity contribution in [3.8, 4) is 10.4 Å². The van der Waals surface area contributed by atoms with E-state index >= 15 is 0 Å². The third-order valence-electron chi connectivity index (χ3n) is 4.73. The van der Waals surface area contributed by atoms with E-state index in [0.29, 0.717) is 5.13 Å². The molecule has 2 aromatic heterocycles. The van der Waals surface area contributed by atoms with Gasteiger partial charge in [0.2, 0.25) is 5.91 Å². The summed E-state index contributed by atoms with van der Waals surface area (Å²) in [7, 11) is 4.02. The number of hydrogen-bond donors (Lipinski definition) is 1. The van der Waals surface area contributed by atoms with E-state index in [9.17, 15) is 4.79 Å². The van der Waals surface area contributed by atoms with E-state index in [1.54, 1.807) is 0 Å². The molecular formula is C18H21N5OS. The molecule has 1 fully saturated rings. The first kappa shape index (κ1) is 16.2. The molecule has 1 aromatic carbocycles. The van der Waals surface area contributed by atoms with Crippen molar-refractivity contribution in [1.82, 2.24) is 19.7 Å². The minimum atomic E-state index is 0.0929. The lowest BCUT2D eigenvalue weighted by atomic mass is 9.96. The molecule has 25 heavy (non-hydrogen) atoms. The molecule has 7 heteroatoms. The Balaban J connectivity index is 1.48. The van der Waals surface area contributed by atoms with E-state index in [-0.39, 0.29) is 11.8 Å². The molecule has 130 valence electrons. The van der Waals surface area contributed by atoms with E-state index < -0.39 is 0 Å². The third kappa shape index (κ3) is 3.43. The zero-order chi connectivity index (χ0) is 17.4. The fraction of sp³-hybridized carbons (Fsp3) is 0.389. The summed E-state index contributed by atoms with van der Waals surface area (Å²) in [5, 5.41) is 9.16. The lowest BCUT2D eigenvalue weighted by Gasteiger charge is -2.27. The Hall–Kier alpha value is -2.25. The summed E-state index contributed by atoms with van der Waals surface area (Å²) in [6, 6.07) is 6.17. The van der Waals surface area contributed by atoms with Gasteiger partial charge in [0, 0.05) is 30.7 Å². The molecule has 0 spiro atoms. The number of aryl methyl sites for hydroxylation is 1. The van der Waals surface area contributed by atoms with Gasteiger partial charge in [0.25, 0.3) is 0 Å². The van der Waals surface area contributed by atoms with Crippen LogP contribution >= 0.6 is 11.3 Å². The second-order valence-electron chi connectivity index (χ2n) is 6.67. The van der Waals surface area contributed by atoms with Crippen LogP contribution in [0.5, 0.6) is 0 Å². The van der Waals surface area contributed by atoms with E-state index in [1.165, 1.54) is 11.3 Å². The highest BCUT2D eigenvalue weighted by atomic mass is 32.1. The number of piperidine rings is 1. The van der Waals surface area contributed by atoms with Crippen LogP contribution in [0.25, 0.3) is 21.3 Å². The van der Waals surface area contributed by atoms with Crippen LogP contribution in [0.2, 0.25) is 0 Å². The Morgan fingerprint density at radius 3 is 2.88 bits per heavy atom. The molecular weight excluding hydrogens is 334 g/mol. The first-order valence-electron chi connectivity index (χ1n) is 8.47. The summed E-state index contributed by atoms with van der Waals surface area (Å²) in [4.78, 5) is 20.1. The fourth-order valence-corrected chi connectivity index (χ4v) is 4.06. The zero-order valence-corrected chi connectivity index (χ0v) is 15.2. The second-order valence-corrected chi connectivity index (χ2v) is 7.70. The smallest absolute Gasteiger partial charge is 0.229 e. The number of thiazole rings is 1. The van der Waals surface area contributed by atoms with Crippen LogP contribution in [-0.4, -0.2) is 45.7 Å². The molecule has 0 unspecified atom stereocenters. The molecule has 3 heterocycles. The summed E-state index contributed by atoms with van der Waals surface area (Å²) in [5.74, 6) is 0.187. The molecule has 0 aliphatic carbocycles. The second kappa shape index (κ2) is 6.57.